The van der Waals surface area contributed by atoms with Crippen molar-refractivity contribution in [3.63, 3.8) is 0 Å². The topological polar surface area (TPSA) is 87.8 Å². The molecule has 0 unspecified atom stereocenters. The number of ether oxygens (including phenoxy) is 2. The molecule has 2 saturated carbocycles. The molecule has 2 fully saturated rings. The Morgan fingerprint density at radius 1 is 0.949 bits per heavy atom. The molecule has 4 aromatic rings. The van der Waals surface area contributed by atoms with E-state index in [0.717, 1.165) is 55.1 Å². The van der Waals surface area contributed by atoms with Gasteiger partial charge in [0.1, 0.15) is 24.3 Å². The highest BCUT2D eigenvalue weighted by molar-refractivity contribution is 5.66. The van der Waals surface area contributed by atoms with Gasteiger partial charge in [-0.15, -0.1) is 0 Å². The fraction of sp³-hybridized carbons (Fsp3) is 0.393. The summed E-state index contributed by atoms with van der Waals surface area (Å²) in [6.07, 6.45) is 5.23. The first-order valence-corrected chi connectivity index (χ1v) is 12.9. The number of benzene rings is 1. The van der Waals surface area contributed by atoms with Crippen LogP contribution in [0.3, 0.4) is 0 Å². The van der Waals surface area contributed by atoms with Gasteiger partial charge in [0.05, 0.1) is 12.8 Å². The highest BCUT2D eigenvalue weighted by Crippen LogP contribution is 2.46. The molecule has 39 heavy (non-hydrogen) atoms. The molecule has 0 bridgehead atoms. The van der Waals surface area contributed by atoms with Crippen molar-refractivity contribution in [2.24, 2.45) is 7.05 Å². The second-order valence-corrected chi connectivity index (χ2v) is 10.0. The number of aromatic nitrogens is 6. The number of rotatable bonds is 8. The van der Waals surface area contributed by atoms with Crippen LogP contribution in [-0.2, 0) is 19.8 Å². The van der Waals surface area contributed by atoms with Gasteiger partial charge in [0.25, 0.3) is 0 Å². The number of alkyl halides is 3. The van der Waals surface area contributed by atoms with E-state index in [0.29, 0.717) is 40.5 Å². The molecule has 2 aliphatic carbocycles. The number of methoxy groups -OCH3 is 1. The maximum atomic E-state index is 13.1. The van der Waals surface area contributed by atoms with Crippen LogP contribution in [0, 0.1) is 0 Å². The molecule has 0 aliphatic heterocycles. The van der Waals surface area contributed by atoms with E-state index in [1.54, 1.807) is 26.3 Å². The van der Waals surface area contributed by atoms with Gasteiger partial charge in [0, 0.05) is 36.5 Å². The number of imidazole rings is 1. The highest BCUT2D eigenvalue weighted by atomic mass is 19.4. The minimum absolute atomic E-state index is 0.239. The van der Waals surface area contributed by atoms with Crippen LogP contribution in [-0.4, -0.2) is 36.6 Å². The van der Waals surface area contributed by atoms with Crippen LogP contribution in [0.15, 0.2) is 43.0 Å². The van der Waals surface area contributed by atoms with E-state index in [9.17, 15) is 13.2 Å². The molecule has 202 valence electrons. The summed E-state index contributed by atoms with van der Waals surface area (Å²) < 4.78 is 52.4. The van der Waals surface area contributed by atoms with Crippen molar-refractivity contribution < 1.29 is 22.6 Å². The van der Waals surface area contributed by atoms with Crippen molar-refractivity contribution in [1.82, 2.24) is 29.5 Å². The summed E-state index contributed by atoms with van der Waals surface area (Å²) in [7, 11) is 3.12. The summed E-state index contributed by atoms with van der Waals surface area (Å²) in [4.78, 5) is 22.1. The van der Waals surface area contributed by atoms with Gasteiger partial charge in [0.2, 0.25) is 11.8 Å². The molecule has 0 saturated heterocycles. The van der Waals surface area contributed by atoms with E-state index in [4.69, 9.17) is 14.5 Å². The van der Waals surface area contributed by atoms with Gasteiger partial charge < -0.3 is 14.0 Å². The number of hydrogen-bond acceptors (Lipinski definition) is 7. The van der Waals surface area contributed by atoms with Crippen LogP contribution in [0.25, 0.3) is 22.8 Å². The third-order valence-corrected chi connectivity index (χ3v) is 7.30. The molecule has 8 nitrogen and oxygen atoms in total. The standard InChI is InChI=1S/C28H27F3N6O2/c1-37-13-21(28(29,30)31)35-25(37)19-8-6-16(7-9-19)14-39-26-20(17-4-3-5-17)12-32-24(36-26)22-23(18-10-11-18)33-15-34-27(22)38-2/h6-9,12-13,15,17-18H,3-5,10-11,14H2,1-2H3. The average molecular weight is 537 g/mol. The highest BCUT2D eigenvalue weighted by Gasteiger charge is 2.35. The lowest BCUT2D eigenvalue weighted by Gasteiger charge is -2.27. The first kappa shape index (κ1) is 25.3. The van der Waals surface area contributed by atoms with Crippen LogP contribution in [0.2, 0.25) is 0 Å². The number of aryl methyl sites for hydroxylation is 1. The largest absolute Gasteiger partial charge is 0.480 e. The normalized spacial score (nSPS) is 15.7. The van der Waals surface area contributed by atoms with Crippen molar-refractivity contribution in [2.75, 3.05) is 7.11 Å². The minimum Gasteiger partial charge on any atom is -0.480 e. The van der Waals surface area contributed by atoms with Gasteiger partial charge in [-0.25, -0.2) is 19.9 Å². The summed E-state index contributed by atoms with van der Waals surface area (Å²) in [6.45, 7) is 0.239. The number of hydrogen-bond donors (Lipinski definition) is 0. The molecule has 0 atom stereocenters. The molecular formula is C28H27F3N6O2. The van der Waals surface area contributed by atoms with Crippen molar-refractivity contribution >= 4 is 0 Å². The van der Waals surface area contributed by atoms with Crippen molar-refractivity contribution in [3.8, 4) is 34.5 Å². The molecule has 1 aromatic carbocycles. The first-order chi connectivity index (χ1) is 18.8. The van der Waals surface area contributed by atoms with E-state index in [-0.39, 0.29) is 12.4 Å². The fourth-order valence-electron chi connectivity index (χ4n) is 4.80. The zero-order valence-corrected chi connectivity index (χ0v) is 21.6. The SMILES string of the molecule is COc1ncnc(C2CC2)c1-c1ncc(C2CCC2)c(OCc2ccc(-c3nc(C(F)(F)F)cn3C)cc2)n1. The summed E-state index contributed by atoms with van der Waals surface area (Å²) in [5.41, 5.74) is 3.08. The van der Waals surface area contributed by atoms with Crippen LogP contribution < -0.4 is 9.47 Å². The van der Waals surface area contributed by atoms with Gasteiger partial charge in [0.15, 0.2) is 11.5 Å². The van der Waals surface area contributed by atoms with Crippen LogP contribution in [0.5, 0.6) is 11.8 Å². The Balaban J connectivity index is 1.27. The Labute approximate surface area is 223 Å². The Morgan fingerprint density at radius 3 is 2.33 bits per heavy atom. The molecular weight excluding hydrogens is 509 g/mol. The summed E-state index contributed by atoms with van der Waals surface area (Å²) in [5, 5.41) is 0. The fourth-order valence-corrected chi connectivity index (χ4v) is 4.80. The van der Waals surface area contributed by atoms with Gasteiger partial charge in [-0.3, -0.25) is 0 Å². The summed E-state index contributed by atoms with van der Waals surface area (Å²) >= 11 is 0. The second-order valence-electron chi connectivity index (χ2n) is 10.0. The Kier molecular flexibility index (Phi) is 6.44. The molecule has 0 N–H and O–H groups in total. The van der Waals surface area contributed by atoms with E-state index in [1.807, 2.05) is 18.3 Å². The molecule has 11 heteroatoms. The predicted octanol–water partition coefficient (Wildman–Crippen LogP) is 6.09. The van der Waals surface area contributed by atoms with Gasteiger partial charge in [-0.1, -0.05) is 30.7 Å². The predicted molar refractivity (Wildman–Crippen MR) is 136 cm³/mol. The van der Waals surface area contributed by atoms with Crippen LogP contribution >= 0.6 is 0 Å². The maximum Gasteiger partial charge on any atom is 0.434 e. The lowest BCUT2D eigenvalue weighted by Crippen LogP contribution is -2.13. The Morgan fingerprint density at radius 2 is 1.72 bits per heavy atom. The van der Waals surface area contributed by atoms with Gasteiger partial charge in [-0.05, 0) is 37.2 Å². The van der Waals surface area contributed by atoms with Crippen molar-refractivity contribution in [1.29, 1.82) is 0 Å². The lowest BCUT2D eigenvalue weighted by atomic mass is 9.81. The first-order valence-electron chi connectivity index (χ1n) is 12.9. The van der Waals surface area contributed by atoms with Crippen LogP contribution in [0.4, 0.5) is 13.2 Å². The molecule has 0 radical (unpaired) electrons. The molecule has 3 heterocycles. The molecule has 0 amide bonds. The average Bonchev–Trinajstić information content (AvgIpc) is 3.67. The molecule has 0 spiro atoms. The van der Waals surface area contributed by atoms with Crippen molar-refractivity contribution in [3.05, 3.63) is 65.5 Å². The molecule has 3 aromatic heterocycles. The van der Waals surface area contributed by atoms with E-state index >= 15 is 0 Å². The molecule has 2 aliphatic rings. The summed E-state index contributed by atoms with van der Waals surface area (Å²) in [6, 6.07) is 7.13. The molecule has 6 rings (SSSR count). The summed E-state index contributed by atoms with van der Waals surface area (Å²) in [5.74, 6) is 2.36. The zero-order chi connectivity index (χ0) is 27.1. The zero-order valence-electron chi connectivity index (χ0n) is 21.6. The van der Waals surface area contributed by atoms with Gasteiger partial charge in [-0.2, -0.15) is 18.2 Å². The van der Waals surface area contributed by atoms with Crippen molar-refractivity contribution in [2.45, 2.75) is 56.7 Å². The minimum atomic E-state index is -4.49. The second kappa shape index (κ2) is 9.94. The number of nitrogens with zero attached hydrogens (tertiary/aromatic N) is 6. The third kappa shape index (κ3) is 5.05. The van der Waals surface area contributed by atoms with Gasteiger partial charge >= 0.3 is 6.18 Å². The Hall–Kier alpha value is -4.02. The maximum absolute atomic E-state index is 13.1. The third-order valence-electron chi connectivity index (χ3n) is 7.30. The van der Waals surface area contributed by atoms with E-state index in [2.05, 4.69) is 19.9 Å². The van der Waals surface area contributed by atoms with Crippen LogP contribution in [0.1, 0.15) is 66.5 Å². The Bertz CT molecular complexity index is 1490. The number of halogens is 3. The lowest BCUT2D eigenvalue weighted by molar-refractivity contribution is -0.140. The van der Waals surface area contributed by atoms with E-state index < -0.39 is 11.9 Å². The monoisotopic (exact) mass is 536 g/mol. The quantitative estimate of drug-likeness (QED) is 0.269. The van der Waals surface area contributed by atoms with E-state index in [1.165, 1.54) is 10.9 Å². The smallest absolute Gasteiger partial charge is 0.434 e.